The number of rotatable bonds is 6. The molecule has 0 unspecified atom stereocenters. The van der Waals surface area contributed by atoms with E-state index in [0.29, 0.717) is 22.0 Å². The highest BCUT2D eigenvalue weighted by Crippen LogP contribution is 2.30. The molecule has 3 heterocycles. The Morgan fingerprint density at radius 1 is 1.22 bits per heavy atom. The lowest BCUT2D eigenvalue weighted by Gasteiger charge is -2.29. The lowest BCUT2D eigenvalue weighted by molar-refractivity contribution is -0.113. The van der Waals surface area contributed by atoms with Crippen molar-refractivity contribution in [2.45, 2.75) is 52.2 Å². The molecule has 2 aromatic heterocycles. The van der Waals surface area contributed by atoms with Crippen molar-refractivity contribution >= 4 is 50.2 Å². The third-order valence-corrected chi connectivity index (χ3v) is 8.03. The summed E-state index contributed by atoms with van der Waals surface area (Å²) < 4.78 is 2.22. The number of carbonyl (C=O) groups is 1. The van der Waals surface area contributed by atoms with Gasteiger partial charge < -0.3 is 10.2 Å². The van der Waals surface area contributed by atoms with Crippen LogP contribution in [-0.4, -0.2) is 39.3 Å². The minimum atomic E-state index is -0.128. The summed E-state index contributed by atoms with van der Waals surface area (Å²) in [4.78, 5) is 37.2. The average Bonchev–Trinajstić information content (AvgIpc) is 3.20. The number of aryl methyl sites for hydroxylation is 2. The van der Waals surface area contributed by atoms with Gasteiger partial charge in [0.25, 0.3) is 5.56 Å². The van der Waals surface area contributed by atoms with Crippen LogP contribution in [0.15, 0.2) is 28.2 Å². The maximum absolute atomic E-state index is 13.1. The molecule has 1 N–H and O–H groups in total. The second-order valence-electron chi connectivity index (χ2n) is 8.40. The lowest BCUT2D eigenvalue weighted by atomic mass is 10.00. The summed E-state index contributed by atoms with van der Waals surface area (Å²) in [7, 11) is 0. The fourth-order valence-electron chi connectivity index (χ4n) is 3.75. The third-order valence-electron chi connectivity index (χ3n) is 5.96. The Bertz CT molecular complexity index is 1200. The van der Waals surface area contributed by atoms with E-state index in [4.69, 9.17) is 0 Å². The van der Waals surface area contributed by atoms with Gasteiger partial charge in [0, 0.05) is 25.3 Å². The number of piperidine rings is 1. The Morgan fingerprint density at radius 2 is 1.97 bits per heavy atom. The molecule has 0 saturated carbocycles. The number of thioether (sulfide) groups is 1. The van der Waals surface area contributed by atoms with E-state index in [2.05, 4.69) is 27.1 Å². The number of benzene rings is 1. The van der Waals surface area contributed by atoms with Gasteiger partial charge in [-0.15, -0.1) is 0 Å². The van der Waals surface area contributed by atoms with E-state index in [-0.39, 0.29) is 17.2 Å². The van der Waals surface area contributed by atoms with E-state index in [9.17, 15) is 9.59 Å². The minimum Gasteiger partial charge on any atom is -0.348 e. The fourth-order valence-corrected chi connectivity index (χ4v) is 5.60. The monoisotopic (exact) mass is 471 g/mol. The van der Waals surface area contributed by atoms with Crippen LogP contribution in [0.4, 0.5) is 10.8 Å². The van der Waals surface area contributed by atoms with Crippen molar-refractivity contribution in [3.63, 3.8) is 0 Å². The largest absolute Gasteiger partial charge is 0.348 e. The zero-order chi connectivity index (χ0) is 22.8. The summed E-state index contributed by atoms with van der Waals surface area (Å²) in [6.07, 6.45) is 2.28. The number of hydrogen-bond donors (Lipinski definition) is 1. The normalized spacial score (nSPS) is 14.8. The molecular formula is C23H29N5O2S2. The first-order chi connectivity index (χ1) is 15.4. The van der Waals surface area contributed by atoms with Crippen molar-refractivity contribution in [1.82, 2.24) is 14.5 Å². The zero-order valence-electron chi connectivity index (χ0n) is 19.0. The van der Waals surface area contributed by atoms with Gasteiger partial charge in [-0.05, 0) is 62.8 Å². The highest BCUT2D eigenvalue weighted by Gasteiger charge is 2.22. The number of aromatic nitrogens is 3. The molecule has 1 aromatic carbocycles. The molecule has 0 bridgehead atoms. The summed E-state index contributed by atoms with van der Waals surface area (Å²) in [5.74, 6) is 0.775. The van der Waals surface area contributed by atoms with Crippen LogP contribution in [0.1, 0.15) is 37.8 Å². The van der Waals surface area contributed by atoms with Crippen LogP contribution in [0.25, 0.3) is 10.3 Å². The van der Waals surface area contributed by atoms with Crippen molar-refractivity contribution < 1.29 is 4.79 Å². The van der Waals surface area contributed by atoms with Crippen LogP contribution in [0, 0.1) is 19.8 Å². The maximum atomic E-state index is 13.1. The summed E-state index contributed by atoms with van der Waals surface area (Å²) in [6.45, 7) is 10.7. The Balaban J connectivity index is 1.52. The summed E-state index contributed by atoms with van der Waals surface area (Å²) in [5, 5.41) is 4.33. The van der Waals surface area contributed by atoms with Gasteiger partial charge in [-0.1, -0.05) is 36.1 Å². The second-order valence-corrected chi connectivity index (χ2v) is 10.3. The molecule has 0 radical (unpaired) electrons. The molecule has 0 spiro atoms. The maximum Gasteiger partial charge on any atom is 0.273 e. The zero-order valence-corrected chi connectivity index (χ0v) is 20.6. The summed E-state index contributed by atoms with van der Waals surface area (Å²) in [6, 6.07) is 5.85. The molecule has 1 aliphatic heterocycles. The van der Waals surface area contributed by atoms with Crippen LogP contribution < -0.4 is 15.8 Å². The summed E-state index contributed by atoms with van der Waals surface area (Å²) >= 11 is 2.70. The average molecular weight is 472 g/mol. The van der Waals surface area contributed by atoms with E-state index < -0.39 is 0 Å². The number of nitrogens with zero attached hydrogens (tertiary/aromatic N) is 4. The van der Waals surface area contributed by atoms with Crippen molar-refractivity contribution in [3.05, 3.63) is 39.7 Å². The van der Waals surface area contributed by atoms with E-state index >= 15 is 0 Å². The molecule has 32 heavy (non-hydrogen) atoms. The first-order valence-corrected chi connectivity index (χ1v) is 12.8. The number of hydrogen-bond acceptors (Lipinski definition) is 7. The number of fused-ring (bicyclic) bond motifs is 1. The Kier molecular flexibility index (Phi) is 6.85. The molecule has 1 fully saturated rings. The predicted octanol–water partition coefficient (Wildman–Crippen LogP) is 4.46. The third kappa shape index (κ3) is 4.83. The summed E-state index contributed by atoms with van der Waals surface area (Å²) in [5.41, 5.74) is 3.49. The standard InChI is InChI=1S/C23H29N5O2S2/c1-5-28-21(30)19-20(25-22(32-19)27-10-8-14(2)9-11-27)26-23(28)31-13-18(29)24-17-7-6-15(3)16(4)12-17/h6-7,12,14H,5,8-11,13H2,1-4H3,(H,24,29). The van der Waals surface area contributed by atoms with Gasteiger partial charge in [0.05, 0.1) is 5.75 Å². The number of amides is 1. The minimum absolute atomic E-state index is 0.0799. The van der Waals surface area contributed by atoms with Gasteiger partial charge in [0.15, 0.2) is 15.9 Å². The van der Waals surface area contributed by atoms with Gasteiger partial charge in [-0.25, -0.2) is 4.98 Å². The SMILES string of the molecule is CCn1c(SCC(=O)Nc2ccc(C)c(C)c2)nc2nc(N3CCC(C)CC3)sc2c1=O. The smallest absolute Gasteiger partial charge is 0.273 e. The first kappa shape index (κ1) is 22.8. The molecule has 4 rings (SSSR count). The van der Waals surface area contributed by atoms with Crippen LogP contribution in [0.5, 0.6) is 0 Å². The lowest BCUT2D eigenvalue weighted by Crippen LogP contribution is -2.32. The van der Waals surface area contributed by atoms with Gasteiger partial charge in [0.1, 0.15) is 4.70 Å². The molecule has 7 nitrogen and oxygen atoms in total. The highest BCUT2D eigenvalue weighted by atomic mass is 32.2. The van der Waals surface area contributed by atoms with Crippen LogP contribution in [-0.2, 0) is 11.3 Å². The first-order valence-electron chi connectivity index (χ1n) is 11.0. The van der Waals surface area contributed by atoms with Gasteiger partial charge in [0.2, 0.25) is 5.91 Å². The van der Waals surface area contributed by atoms with Gasteiger partial charge in [-0.3, -0.25) is 14.2 Å². The number of carbonyl (C=O) groups excluding carboxylic acids is 1. The van der Waals surface area contributed by atoms with E-state index in [0.717, 1.165) is 48.2 Å². The van der Waals surface area contributed by atoms with Crippen molar-refractivity contribution in [2.24, 2.45) is 5.92 Å². The van der Waals surface area contributed by atoms with E-state index in [1.54, 1.807) is 4.57 Å². The Hall–Kier alpha value is -2.39. The van der Waals surface area contributed by atoms with Crippen molar-refractivity contribution in [3.8, 4) is 0 Å². The number of nitrogens with one attached hydrogen (secondary N) is 1. The molecule has 170 valence electrons. The number of thiazole rings is 1. The molecule has 1 saturated heterocycles. The molecule has 0 aliphatic carbocycles. The number of anilines is 2. The fraction of sp³-hybridized carbons (Fsp3) is 0.478. The molecule has 3 aromatic rings. The van der Waals surface area contributed by atoms with Crippen LogP contribution >= 0.6 is 23.1 Å². The topological polar surface area (TPSA) is 80.1 Å². The Morgan fingerprint density at radius 3 is 2.66 bits per heavy atom. The van der Waals surface area contributed by atoms with Crippen LogP contribution in [0.2, 0.25) is 0 Å². The molecule has 0 atom stereocenters. The second kappa shape index (κ2) is 9.62. The van der Waals surface area contributed by atoms with Crippen molar-refractivity contribution in [2.75, 3.05) is 29.1 Å². The molecular weight excluding hydrogens is 442 g/mol. The highest BCUT2D eigenvalue weighted by molar-refractivity contribution is 7.99. The molecule has 1 aliphatic rings. The predicted molar refractivity (Wildman–Crippen MR) is 133 cm³/mol. The quantitative estimate of drug-likeness (QED) is 0.422. The molecule has 9 heteroatoms. The van der Waals surface area contributed by atoms with E-state index in [1.807, 2.05) is 39.0 Å². The van der Waals surface area contributed by atoms with Gasteiger partial charge >= 0.3 is 0 Å². The van der Waals surface area contributed by atoms with Crippen molar-refractivity contribution in [1.29, 1.82) is 0 Å². The van der Waals surface area contributed by atoms with Crippen LogP contribution in [0.3, 0.4) is 0 Å². The van der Waals surface area contributed by atoms with Gasteiger partial charge in [-0.2, -0.15) is 4.98 Å². The van der Waals surface area contributed by atoms with E-state index in [1.165, 1.54) is 28.7 Å². The molecule has 1 amide bonds. The Labute approximate surface area is 196 Å².